The minimum atomic E-state index is -0.785. The molecule has 15 heavy (non-hydrogen) atoms. The number of hydrogen-bond donors (Lipinski definition) is 2. The molecule has 0 saturated carbocycles. The fraction of sp³-hybridized carbons (Fsp3) is 0.300. The van der Waals surface area contributed by atoms with Crippen LogP contribution < -0.4 is 0 Å². The largest absolute Gasteiger partial charge is 0.411 e. The lowest BCUT2D eigenvalue weighted by molar-refractivity contribution is -0.806. The molecular formula is C10H14N3O2+. The first-order chi connectivity index (χ1) is 7.06. The van der Waals surface area contributed by atoms with Gasteiger partial charge in [0.15, 0.2) is 0 Å². The van der Waals surface area contributed by atoms with Crippen molar-refractivity contribution >= 4 is 12.4 Å². The van der Waals surface area contributed by atoms with E-state index in [9.17, 15) is 5.21 Å². The minimum Gasteiger partial charge on any atom is -0.411 e. The van der Waals surface area contributed by atoms with Crippen molar-refractivity contribution in [1.29, 1.82) is 0 Å². The highest BCUT2D eigenvalue weighted by Gasteiger charge is 2.29. The predicted octanol–water partition coefficient (Wildman–Crippen LogP) is 1.14. The van der Waals surface area contributed by atoms with Crippen molar-refractivity contribution in [2.24, 2.45) is 5.16 Å². The Labute approximate surface area is 88.0 Å². The average Bonchev–Trinajstić information content (AvgIpc) is 2.19. The van der Waals surface area contributed by atoms with Gasteiger partial charge in [0.25, 0.3) is 0 Å². The van der Waals surface area contributed by atoms with Crippen LogP contribution in [0.3, 0.4) is 0 Å². The van der Waals surface area contributed by atoms with Crippen molar-refractivity contribution in [2.45, 2.75) is 19.4 Å². The summed E-state index contributed by atoms with van der Waals surface area (Å²) in [5.41, 5.74) is -0.161. The zero-order chi connectivity index (χ0) is 11.3. The fourth-order valence-electron chi connectivity index (χ4n) is 0.944. The quantitative estimate of drug-likeness (QED) is 0.339. The standard InChI is InChI=1S/C10H13N3O2/c1-10(2,8-12-14)13(15)7-9-5-3-4-6-11-9/h3-8H,1-2H3,(H-,14,15)/p+1. The highest BCUT2D eigenvalue weighted by molar-refractivity contribution is 5.74. The monoisotopic (exact) mass is 208 g/mol. The predicted molar refractivity (Wildman–Crippen MR) is 55.8 cm³/mol. The Morgan fingerprint density at radius 1 is 1.47 bits per heavy atom. The Hall–Kier alpha value is -1.91. The summed E-state index contributed by atoms with van der Waals surface area (Å²) in [6.45, 7) is 3.40. The van der Waals surface area contributed by atoms with Gasteiger partial charge in [-0.2, -0.15) is 0 Å². The van der Waals surface area contributed by atoms with Gasteiger partial charge >= 0.3 is 0 Å². The fourth-order valence-corrected chi connectivity index (χ4v) is 0.944. The van der Waals surface area contributed by atoms with E-state index in [1.165, 1.54) is 12.4 Å². The van der Waals surface area contributed by atoms with E-state index in [0.29, 0.717) is 5.69 Å². The Morgan fingerprint density at radius 2 is 2.20 bits per heavy atom. The molecule has 0 aliphatic rings. The normalized spacial score (nSPS) is 13.3. The van der Waals surface area contributed by atoms with E-state index >= 15 is 0 Å². The van der Waals surface area contributed by atoms with Gasteiger partial charge in [0.05, 0.1) is 0 Å². The molecule has 0 saturated heterocycles. The molecule has 0 bridgehead atoms. The Kier molecular flexibility index (Phi) is 3.38. The molecule has 0 radical (unpaired) electrons. The molecule has 1 rings (SSSR count). The van der Waals surface area contributed by atoms with Crippen molar-refractivity contribution in [3.05, 3.63) is 30.1 Å². The van der Waals surface area contributed by atoms with E-state index < -0.39 is 5.54 Å². The van der Waals surface area contributed by atoms with Crippen LogP contribution in [0.1, 0.15) is 19.5 Å². The number of oxime groups is 1. The molecule has 80 valence electrons. The van der Waals surface area contributed by atoms with Crippen LogP contribution in [0.4, 0.5) is 0 Å². The molecule has 1 aromatic heterocycles. The van der Waals surface area contributed by atoms with Gasteiger partial charge in [-0.15, -0.1) is 0 Å². The summed E-state index contributed by atoms with van der Waals surface area (Å²) in [5, 5.41) is 21.0. The van der Waals surface area contributed by atoms with Gasteiger partial charge in [-0.05, 0) is 16.9 Å². The first kappa shape index (κ1) is 11.2. The summed E-state index contributed by atoms with van der Waals surface area (Å²) in [6, 6.07) is 5.37. The van der Waals surface area contributed by atoms with E-state index in [1.54, 1.807) is 32.2 Å². The lowest BCUT2D eigenvalue weighted by Crippen LogP contribution is -2.36. The average molecular weight is 208 g/mol. The lowest BCUT2D eigenvalue weighted by atomic mass is 10.1. The molecule has 0 fully saturated rings. The summed E-state index contributed by atoms with van der Waals surface area (Å²) in [5.74, 6) is 0. The first-order valence-electron chi connectivity index (χ1n) is 4.49. The van der Waals surface area contributed by atoms with Crippen molar-refractivity contribution in [3.8, 4) is 0 Å². The van der Waals surface area contributed by atoms with Crippen molar-refractivity contribution in [3.63, 3.8) is 0 Å². The number of pyridine rings is 1. The Bertz CT molecular complexity index is 372. The number of rotatable bonds is 3. The zero-order valence-corrected chi connectivity index (χ0v) is 8.70. The molecule has 2 N–H and O–H groups in total. The minimum absolute atomic E-state index is 0.624. The molecule has 0 atom stereocenters. The topological polar surface area (TPSA) is 68.7 Å². The molecule has 0 amide bonds. The third-order valence-electron chi connectivity index (χ3n) is 1.91. The Morgan fingerprint density at radius 3 is 2.73 bits per heavy atom. The molecule has 1 heterocycles. The smallest absolute Gasteiger partial charge is 0.243 e. The molecule has 5 nitrogen and oxygen atoms in total. The maximum absolute atomic E-state index is 9.70. The molecule has 0 spiro atoms. The third-order valence-corrected chi connectivity index (χ3v) is 1.91. The second kappa shape index (κ2) is 4.54. The highest BCUT2D eigenvalue weighted by atomic mass is 16.5. The second-order valence-corrected chi connectivity index (χ2v) is 3.63. The van der Waals surface area contributed by atoms with Crippen LogP contribution in [-0.4, -0.2) is 38.1 Å². The molecule has 0 unspecified atom stereocenters. The molecule has 0 aliphatic heterocycles. The summed E-state index contributed by atoms with van der Waals surface area (Å²) < 4.78 is 0.940. The van der Waals surface area contributed by atoms with E-state index in [1.807, 2.05) is 6.07 Å². The molecule has 0 aliphatic carbocycles. The molecule has 5 heteroatoms. The van der Waals surface area contributed by atoms with Crippen LogP contribution in [0, 0.1) is 0 Å². The van der Waals surface area contributed by atoms with Gasteiger partial charge in [0.2, 0.25) is 11.8 Å². The first-order valence-corrected chi connectivity index (χ1v) is 4.49. The van der Waals surface area contributed by atoms with E-state index in [0.717, 1.165) is 4.74 Å². The van der Waals surface area contributed by atoms with Crippen LogP contribution in [-0.2, 0) is 0 Å². The van der Waals surface area contributed by atoms with Gasteiger partial charge < -0.3 is 5.21 Å². The molecule has 1 aromatic rings. The van der Waals surface area contributed by atoms with Gasteiger partial charge in [-0.1, -0.05) is 11.2 Å². The third kappa shape index (κ3) is 3.05. The van der Waals surface area contributed by atoms with Crippen LogP contribution >= 0.6 is 0 Å². The van der Waals surface area contributed by atoms with Crippen LogP contribution in [0.15, 0.2) is 29.6 Å². The van der Waals surface area contributed by atoms with Crippen molar-refractivity contribution in [2.75, 3.05) is 0 Å². The summed E-state index contributed by atoms with van der Waals surface area (Å²) in [6.07, 6.45) is 4.32. The molecule has 0 aromatic carbocycles. The van der Waals surface area contributed by atoms with Crippen LogP contribution in [0.5, 0.6) is 0 Å². The number of nitrogens with zero attached hydrogens (tertiary/aromatic N) is 3. The van der Waals surface area contributed by atoms with Gasteiger partial charge in [-0.25, -0.2) is 0 Å². The maximum atomic E-state index is 9.70. The van der Waals surface area contributed by atoms with Crippen LogP contribution in [0.25, 0.3) is 0 Å². The van der Waals surface area contributed by atoms with E-state index in [2.05, 4.69) is 10.1 Å². The highest BCUT2D eigenvalue weighted by Crippen LogP contribution is 2.03. The van der Waals surface area contributed by atoms with Crippen LogP contribution in [0.2, 0.25) is 0 Å². The maximum Gasteiger partial charge on any atom is 0.243 e. The number of hydroxylamine groups is 1. The van der Waals surface area contributed by atoms with E-state index in [-0.39, 0.29) is 0 Å². The lowest BCUT2D eigenvalue weighted by Gasteiger charge is -2.09. The Balaban J connectivity index is 2.94. The summed E-state index contributed by atoms with van der Waals surface area (Å²) in [4.78, 5) is 4.03. The van der Waals surface area contributed by atoms with Gasteiger partial charge in [0.1, 0.15) is 11.9 Å². The van der Waals surface area contributed by atoms with Gasteiger partial charge in [0, 0.05) is 20.0 Å². The van der Waals surface area contributed by atoms with E-state index in [4.69, 9.17) is 5.21 Å². The SMILES string of the molecule is CC(C)(C=NO)[N+](O)=Cc1ccccn1. The number of aromatic nitrogens is 1. The molecular weight excluding hydrogens is 194 g/mol. The number of hydrogen-bond acceptors (Lipinski definition) is 4. The summed E-state index contributed by atoms with van der Waals surface area (Å²) >= 11 is 0. The zero-order valence-electron chi connectivity index (χ0n) is 8.70. The van der Waals surface area contributed by atoms with Crippen molar-refractivity contribution < 1.29 is 15.2 Å². The summed E-state index contributed by atoms with van der Waals surface area (Å²) in [7, 11) is 0. The second-order valence-electron chi connectivity index (χ2n) is 3.63. The van der Waals surface area contributed by atoms with Crippen molar-refractivity contribution in [1.82, 2.24) is 4.98 Å². The van der Waals surface area contributed by atoms with Gasteiger partial charge in [-0.3, -0.25) is 10.2 Å².